The third-order valence-corrected chi connectivity index (χ3v) is 8.12. The van der Waals surface area contributed by atoms with E-state index in [0.717, 1.165) is 54.5 Å². The van der Waals surface area contributed by atoms with Crippen LogP contribution in [-0.4, -0.2) is 24.9 Å². The van der Waals surface area contributed by atoms with Gasteiger partial charge >= 0.3 is 0 Å². The van der Waals surface area contributed by atoms with Crippen LogP contribution in [-0.2, 0) is 22.4 Å². The average molecular weight is 532 g/mol. The molecule has 1 fully saturated rings. The monoisotopic (exact) mass is 531 g/mol. The number of ether oxygens (including phenoxy) is 2. The van der Waals surface area contributed by atoms with E-state index < -0.39 is 0 Å². The largest absolute Gasteiger partial charge is 0.493 e. The van der Waals surface area contributed by atoms with Crippen LogP contribution in [0.25, 0.3) is 0 Å². The highest BCUT2D eigenvalue weighted by atomic mass is 35.5. The number of methoxy groups -OCH3 is 1. The van der Waals surface area contributed by atoms with Gasteiger partial charge in [-0.2, -0.15) is 0 Å². The molecule has 38 heavy (non-hydrogen) atoms. The summed E-state index contributed by atoms with van der Waals surface area (Å²) in [6.07, 6.45) is 4.66. The molecule has 2 aliphatic rings. The van der Waals surface area contributed by atoms with Crippen molar-refractivity contribution in [2.45, 2.75) is 64.5 Å². The molecule has 0 saturated heterocycles. The van der Waals surface area contributed by atoms with Gasteiger partial charge in [0.05, 0.1) is 25.7 Å². The van der Waals surface area contributed by atoms with E-state index in [9.17, 15) is 9.59 Å². The minimum atomic E-state index is -0.341. The summed E-state index contributed by atoms with van der Waals surface area (Å²) < 4.78 is 11.9. The van der Waals surface area contributed by atoms with Crippen LogP contribution in [0, 0.1) is 5.92 Å². The maximum atomic E-state index is 13.7. The van der Waals surface area contributed by atoms with E-state index in [4.69, 9.17) is 21.1 Å². The first-order valence-electron chi connectivity index (χ1n) is 13.4. The molecule has 3 atom stereocenters. The molecule has 1 aliphatic heterocycles. The molecule has 0 aromatic heterocycles. The number of nitrogens with zero attached hydrogens (tertiary/aromatic N) is 1. The van der Waals surface area contributed by atoms with Crippen molar-refractivity contribution in [1.29, 1.82) is 0 Å². The Balaban J connectivity index is 1.53. The SMILES string of the molecule is CC[C@@H](C)Oc1cc2c(cc1OC)CC(=O)N(c1ccc(CCC3CCC3=O)cc1)[C@@H]2c1ccc(Cl)cc1. The van der Waals surface area contributed by atoms with Crippen LogP contribution in [0.15, 0.2) is 60.7 Å². The molecule has 5 nitrogen and oxygen atoms in total. The van der Waals surface area contributed by atoms with Gasteiger partial charge in [0.2, 0.25) is 5.91 Å². The van der Waals surface area contributed by atoms with Gasteiger partial charge in [-0.05, 0) is 91.3 Å². The summed E-state index contributed by atoms with van der Waals surface area (Å²) in [5.41, 5.74) is 4.93. The van der Waals surface area contributed by atoms with E-state index in [1.807, 2.05) is 60.4 Å². The maximum Gasteiger partial charge on any atom is 0.232 e. The van der Waals surface area contributed by atoms with Gasteiger partial charge in [0.25, 0.3) is 0 Å². The molecule has 1 aliphatic carbocycles. The van der Waals surface area contributed by atoms with Crippen molar-refractivity contribution < 1.29 is 19.1 Å². The number of hydrogen-bond donors (Lipinski definition) is 0. The fourth-order valence-corrected chi connectivity index (χ4v) is 5.44. The summed E-state index contributed by atoms with van der Waals surface area (Å²) in [5, 5.41) is 0.646. The first-order valence-corrected chi connectivity index (χ1v) is 13.8. The van der Waals surface area contributed by atoms with Gasteiger partial charge in [-0.15, -0.1) is 0 Å². The highest BCUT2D eigenvalue weighted by molar-refractivity contribution is 6.30. The summed E-state index contributed by atoms with van der Waals surface area (Å²) in [5.74, 6) is 1.93. The fraction of sp³-hybridized carbons (Fsp3) is 0.375. The van der Waals surface area contributed by atoms with E-state index in [1.165, 1.54) is 5.56 Å². The van der Waals surface area contributed by atoms with Crippen molar-refractivity contribution in [3.63, 3.8) is 0 Å². The van der Waals surface area contributed by atoms with Crippen molar-refractivity contribution >= 4 is 29.0 Å². The number of carbonyl (C=O) groups is 2. The van der Waals surface area contributed by atoms with Crippen LogP contribution in [0.2, 0.25) is 5.02 Å². The second kappa shape index (κ2) is 11.2. The lowest BCUT2D eigenvalue weighted by Gasteiger charge is -2.38. The minimum absolute atomic E-state index is 0.0166. The van der Waals surface area contributed by atoms with E-state index >= 15 is 0 Å². The smallest absolute Gasteiger partial charge is 0.232 e. The molecular formula is C32H34ClNO4. The Morgan fingerprint density at radius 2 is 1.76 bits per heavy atom. The zero-order chi connectivity index (χ0) is 26.8. The predicted molar refractivity (Wildman–Crippen MR) is 150 cm³/mol. The van der Waals surface area contributed by atoms with E-state index in [-0.39, 0.29) is 30.4 Å². The Morgan fingerprint density at radius 3 is 2.37 bits per heavy atom. The van der Waals surface area contributed by atoms with Crippen LogP contribution in [0.1, 0.15) is 67.8 Å². The quantitative estimate of drug-likeness (QED) is 0.295. The third kappa shape index (κ3) is 5.30. The fourth-order valence-electron chi connectivity index (χ4n) is 5.31. The number of benzene rings is 3. The second-order valence-electron chi connectivity index (χ2n) is 10.3. The van der Waals surface area contributed by atoms with Gasteiger partial charge in [0.1, 0.15) is 5.78 Å². The molecule has 6 heteroatoms. The molecule has 1 heterocycles. The minimum Gasteiger partial charge on any atom is -0.493 e. The van der Waals surface area contributed by atoms with Crippen LogP contribution in [0.5, 0.6) is 11.5 Å². The molecule has 1 saturated carbocycles. The molecule has 0 radical (unpaired) electrons. The lowest BCUT2D eigenvalue weighted by Crippen LogP contribution is -2.41. The van der Waals surface area contributed by atoms with Gasteiger partial charge in [-0.1, -0.05) is 42.8 Å². The number of amides is 1. The van der Waals surface area contributed by atoms with Gasteiger partial charge < -0.3 is 14.4 Å². The number of rotatable bonds is 9. The molecule has 0 spiro atoms. The van der Waals surface area contributed by atoms with Crippen LogP contribution < -0.4 is 14.4 Å². The molecule has 3 aromatic rings. The average Bonchev–Trinajstić information content (AvgIpc) is 2.92. The molecule has 3 aromatic carbocycles. The maximum absolute atomic E-state index is 13.7. The number of halogens is 1. The first kappa shape index (κ1) is 26.3. The molecular weight excluding hydrogens is 498 g/mol. The highest BCUT2D eigenvalue weighted by Gasteiger charge is 2.36. The number of fused-ring (bicyclic) bond motifs is 1. The van der Waals surface area contributed by atoms with Gasteiger partial charge in [-0.3, -0.25) is 9.59 Å². The Bertz CT molecular complexity index is 1320. The molecule has 1 amide bonds. The van der Waals surface area contributed by atoms with Crippen LogP contribution in [0.3, 0.4) is 0 Å². The normalized spacial score (nSPS) is 19.5. The first-order chi connectivity index (χ1) is 18.4. The number of hydrogen-bond acceptors (Lipinski definition) is 4. The standard InChI is InChI=1S/C32H34ClNO4/c1-4-20(2)38-30-19-27-24(17-29(30)37-3)18-31(36)34(32(27)23-9-12-25(33)13-10-23)26-14-6-21(7-15-26)5-8-22-11-16-28(22)35/h6-7,9-10,12-15,17,19-20,22,32H,4-5,8,11,16,18H2,1-3H3/t20-,22?,32-/m1/s1. The number of Topliss-reactive ketones (excluding diaryl/α,β-unsaturated/α-hetero) is 1. The zero-order valence-electron chi connectivity index (χ0n) is 22.2. The number of anilines is 1. The number of ketones is 1. The summed E-state index contributed by atoms with van der Waals surface area (Å²) in [4.78, 5) is 27.3. The van der Waals surface area contributed by atoms with Crippen LogP contribution in [0.4, 0.5) is 5.69 Å². The summed E-state index contributed by atoms with van der Waals surface area (Å²) in [6.45, 7) is 4.12. The second-order valence-corrected chi connectivity index (χ2v) is 10.8. The summed E-state index contributed by atoms with van der Waals surface area (Å²) >= 11 is 6.23. The van der Waals surface area contributed by atoms with Gasteiger partial charge in [-0.25, -0.2) is 0 Å². The third-order valence-electron chi connectivity index (χ3n) is 7.87. The Hall–Kier alpha value is -3.31. The van der Waals surface area contributed by atoms with Crippen molar-refractivity contribution in [2.75, 3.05) is 12.0 Å². The molecule has 0 bridgehead atoms. The predicted octanol–water partition coefficient (Wildman–Crippen LogP) is 7.12. The lowest BCUT2D eigenvalue weighted by atomic mass is 9.80. The van der Waals surface area contributed by atoms with E-state index in [2.05, 4.69) is 19.1 Å². The number of carbonyl (C=O) groups excluding carboxylic acids is 2. The Kier molecular flexibility index (Phi) is 7.75. The Labute approximate surface area is 229 Å². The van der Waals surface area contributed by atoms with Crippen molar-refractivity contribution in [1.82, 2.24) is 0 Å². The van der Waals surface area contributed by atoms with Gasteiger partial charge in [0, 0.05) is 23.0 Å². The van der Waals surface area contributed by atoms with Crippen LogP contribution >= 0.6 is 11.6 Å². The molecule has 0 N–H and O–H groups in total. The zero-order valence-corrected chi connectivity index (χ0v) is 23.0. The topological polar surface area (TPSA) is 55.8 Å². The molecule has 198 valence electrons. The van der Waals surface area contributed by atoms with Crippen molar-refractivity contribution in [2.24, 2.45) is 5.92 Å². The van der Waals surface area contributed by atoms with Crippen molar-refractivity contribution in [3.05, 3.63) is 87.9 Å². The Morgan fingerprint density at radius 1 is 1.03 bits per heavy atom. The van der Waals surface area contributed by atoms with Crippen molar-refractivity contribution in [3.8, 4) is 11.5 Å². The van der Waals surface area contributed by atoms with Gasteiger partial charge in [0.15, 0.2) is 11.5 Å². The highest BCUT2D eigenvalue weighted by Crippen LogP contribution is 2.44. The molecule has 1 unspecified atom stereocenters. The summed E-state index contributed by atoms with van der Waals surface area (Å²) in [6, 6.07) is 19.5. The van der Waals surface area contributed by atoms with E-state index in [0.29, 0.717) is 22.3 Å². The number of aryl methyl sites for hydroxylation is 1. The summed E-state index contributed by atoms with van der Waals surface area (Å²) in [7, 11) is 1.63. The van der Waals surface area contributed by atoms with E-state index in [1.54, 1.807) is 7.11 Å². The molecule has 5 rings (SSSR count). The lowest BCUT2D eigenvalue weighted by molar-refractivity contribution is -0.129.